The van der Waals surface area contributed by atoms with Gasteiger partial charge in [0.2, 0.25) is 0 Å². The van der Waals surface area contributed by atoms with Gasteiger partial charge in [-0.25, -0.2) is 4.98 Å². The zero-order valence-corrected chi connectivity index (χ0v) is 11.1. The summed E-state index contributed by atoms with van der Waals surface area (Å²) in [6.45, 7) is 0. The summed E-state index contributed by atoms with van der Waals surface area (Å²) in [7, 11) is 0. The molecule has 3 nitrogen and oxygen atoms in total. The Morgan fingerprint density at radius 3 is 2.56 bits per heavy atom. The zero-order valence-electron chi connectivity index (χ0n) is 8.14. The minimum Gasteiger partial charge on any atom is -0.382 e. The largest absolute Gasteiger partial charge is 0.382 e. The predicted molar refractivity (Wildman–Crippen MR) is 70.3 cm³/mol. The lowest BCUT2D eigenvalue weighted by Gasteiger charge is -2.12. The summed E-state index contributed by atoms with van der Waals surface area (Å²) in [5.41, 5.74) is 1.17. The van der Waals surface area contributed by atoms with Gasteiger partial charge >= 0.3 is 0 Å². The highest BCUT2D eigenvalue weighted by Gasteiger charge is 2.17. The van der Waals surface area contributed by atoms with Crippen molar-refractivity contribution in [3.8, 4) is 0 Å². The van der Waals surface area contributed by atoms with Crippen molar-refractivity contribution in [2.75, 3.05) is 0 Å². The van der Waals surface area contributed by atoms with E-state index in [4.69, 9.17) is 11.6 Å². The van der Waals surface area contributed by atoms with Crippen molar-refractivity contribution in [1.82, 2.24) is 9.97 Å². The first-order valence-electron chi connectivity index (χ1n) is 4.59. The van der Waals surface area contributed by atoms with Crippen LogP contribution in [0, 0.1) is 3.70 Å². The SMILES string of the molecule is OC(c1ccccc1Cl)c1nccnc1I. The fourth-order valence-electron chi connectivity index (χ4n) is 1.36. The second-order valence-electron chi connectivity index (χ2n) is 3.16. The van der Waals surface area contributed by atoms with Crippen molar-refractivity contribution >= 4 is 34.2 Å². The average molecular weight is 347 g/mol. The average Bonchev–Trinajstić information content (AvgIpc) is 2.29. The molecule has 1 N–H and O–H groups in total. The van der Waals surface area contributed by atoms with Crippen LogP contribution in [0.3, 0.4) is 0 Å². The van der Waals surface area contributed by atoms with Gasteiger partial charge in [0.15, 0.2) is 0 Å². The number of aromatic nitrogens is 2. The van der Waals surface area contributed by atoms with E-state index >= 15 is 0 Å². The molecule has 0 saturated carbocycles. The summed E-state index contributed by atoms with van der Waals surface area (Å²) in [6, 6.07) is 7.16. The molecule has 1 aromatic heterocycles. The lowest BCUT2D eigenvalue weighted by Crippen LogP contribution is -2.06. The molecular weight excluding hydrogens is 338 g/mol. The molecule has 0 bridgehead atoms. The van der Waals surface area contributed by atoms with Crippen molar-refractivity contribution in [3.63, 3.8) is 0 Å². The Morgan fingerprint density at radius 1 is 1.19 bits per heavy atom. The van der Waals surface area contributed by atoms with Crippen LogP contribution in [0.1, 0.15) is 17.4 Å². The molecule has 0 aliphatic carbocycles. The molecule has 0 aliphatic rings. The van der Waals surface area contributed by atoms with Crippen LogP contribution in [-0.4, -0.2) is 15.1 Å². The van der Waals surface area contributed by atoms with Gasteiger partial charge < -0.3 is 5.11 Å². The first kappa shape index (κ1) is 11.8. The minimum absolute atomic E-state index is 0.524. The van der Waals surface area contributed by atoms with Crippen molar-refractivity contribution in [1.29, 1.82) is 0 Å². The Labute approximate surface area is 112 Å². The van der Waals surface area contributed by atoms with E-state index in [1.807, 2.05) is 34.7 Å². The number of benzene rings is 1. The summed E-state index contributed by atoms with van der Waals surface area (Å²) in [5, 5.41) is 10.7. The molecule has 2 rings (SSSR count). The quantitative estimate of drug-likeness (QED) is 0.851. The molecule has 0 aliphatic heterocycles. The van der Waals surface area contributed by atoms with Crippen LogP contribution in [0.2, 0.25) is 5.02 Å². The topological polar surface area (TPSA) is 46.0 Å². The smallest absolute Gasteiger partial charge is 0.125 e. The summed E-state index contributed by atoms with van der Waals surface area (Å²) >= 11 is 8.05. The zero-order chi connectivity index (χ0) is 11.5. The summed E-state index contributed by atoms with van der Waals surface area (Å²) in [6.07, 6.45) is 2.30. The second kappa shape index (κ2) is 5.07. The molecule has 82 valence electrons. The van der Waals surface area contributed by atoms with Crippen molar-refractivity contribution < 1.29 is 5.11 Å². The van der Waals surface area contributed by atoms with Crippen molar-refractivity contribution in [3.05, 3.63) is 56.6 Å². The van der Waals surface area contributed by atoms with E-state index in [9.17, 15) is 5.11 Å². The van der Waals surface area contributed by atoms with Crippen LogP contribution in [0.15, 0.2) is 36.7 Å². The van der Waals surface area contributed by atoms with E-state index in [0.29, 0.717) is 20.0 Å². The highest BCUT2D eigenvalue weighted by Crippen LogP contribution is 2.28. The molecular formula is C11H8ClIN2O. The minimum atomic E-state index is -0.839. The fourth-order valence-corrected chi connectivity index (χ4v) is 2.19. The molecule has 0 spiro atoms. The fraction of sp³-hybridized carbons (Fsp3) is 0.0909. The highest BCUT2D eigenvalue weighted by atomic mass is 127. The third kappa shape index (κ3) is 2.34. The van der Waals surface area contributed by atoms with Crippen LogP contribution in [0.25, 0.3) is 0 Å². The van der Waals surface area contributed by atoms with Gasteiger partial charge in [-0.1, -0.05) is 29.8 Å². The molecule has 1 atom stereocenters. The number of rotatable bonds is 2. The Hall–Kier alpha value is -0.720. The molecule has 0 fully saturated rings. The van der Waals surface area contributed by atoms with Crippen molar-refractivity contribution in [2.45, 2.75) is 6.10 Å². The van der Waals surface area contributed by atoms with E-state index < -0.39 is 6.10 Å². The molecule has 2 aromatic rings. The monoisotopic (exact) mass is 346 g/mol. The molecule has 16 heavy (non-hydrogen) atoms. The van der Waals surface area contributed by atoms with Crippen molar-refractivity contribution in [2.24, 2.45) is 0 Å². The van der Waals surface area contributed by atoms with E-state index in [1.165, 1.54) is 0 Å². The maximum absolute atomic E-state index is 10.2. The van der Waals surface area contributed by atoms with E-state index in [0.717, 1.165) is 0 Å². The van der Waals surface area contributed by atoms with Gasteiger partial charge in [-0.2, -0.15) is 0 Å². The first-order valence-corrected chi connectivity index (χ1v) is 6.04. The van der Waals surface area contributed by atoms with Crippen LogP contribution in [0.4, 0.5) is 0 Å². The molecule has 1 unspecified atom stereocenters. The van der Waals surface area contributed by atoms with Crippen LogP contribution >= 0.6 is 34.2 Å². The molecule has 5 heteroatoms. The molecule has 0 amide bonds. The summed E-state index contributed by atoms with van der Waals surface area (Å²) in [4.78, 5) is 8.19. The van der Waals surface area contributed by atoms with Crippen LogP contribution < -0.4 is 0 Å². The Bertz CT molecular complexity index is 461. The molecule has 1 heterocycles. The molecule has 0 saturated heterocycles. The van der Waals surface area contributed by atoms with Gasteiger partial charge in [-0.05, 0) is 28.7 Å². The van der Waals surface area contributed by atoms with Gasteiger partial charge in [0.1, 0.15) is 15.5 Å². The van der Waals surface area contributed by atoms with Gasteiger partial charge in [-0.15, -0.1) is 0 Å². The van der Waals surface area contributed by atoms with E-state index in [1.54, 1.807) is 24.5 Å². The Kier molecular flexibility index (Phi) is 3.73. The normalized spacial score (nSPS) is 12.4. The van der Waals surface area contributed by atoms with E-state index in [2.05, 4.69) is 9.97 Å². The standard InChI is InChI=1S/C11H8ClIN2O/c12-8-4-2-1-3-7(8)10(16)9-11(13)15-6-5-14-9/h1-6,10,16H. The summed E-state index contributed by atoms with van der Waals surface area (Å²) < 4.78 is 0.674. The van der Waals surface area contributed by atoms with Gasteiger partial charge in [0.25, 0.3) is 0 Å². The van der Waals surface area contributed by atoms with Gasteiger partial charge in [0.05, 0.1) is 0 Å². The Balaban J connectivity index is 2.44. The van der Waals surface area contributed by atoms with Gasteiger partial charge in [-0.3, -0.25) is 4.98 Å². The number of hydrogen-bond acceptors (Lipinski definition) is 3. The molecule has 0 radical (unpaired) electrons. The Morgan fingerprint density at radius 2 is 1.88 bits per heavy atom. The molecule has 1 aromatic carbocycles. The number of aliphatic hydroxyl groups is 1. The number of hydrogen-bond donors (Lipinski definition) is 1. The lowest BCUT2D eigenvalue weighted by atomic mass is 10.1. The lowest BCUT2D eigenvalue weighted by molar-refractivity contribution is 0.214. The third-order valence-electron chi connectivity index (χ3n) is 2.14. The number of aliphatic hydroxyl groups excluding tert-OH is 1. The number of nitrogens with zero attached hydrogens (tertiary/aromatic N) is 2. The maximum Gasteiger partial charge on any atom is 0.125 e. The second-order valence-corrected chi connectivity index (χ2v) is 4.59. The summed E-state index contributed by atoms with van der Waals surface area (Å²) in [5.74, 6) is 0. The maximum atomic E-state index is 10.2. The predicted octanol–water partition coefficient (Wildman–Crippen LogP) is 2.82. The third-order valence-corrected chi connectivity index (χ3v) is 3.31. The van der Waals surface area contributed by atoms with E-state index in [-0.39, 0.29) is 0 Å². The first-order chi connectivity index (χ1) is 7.70. The highest BCUT2D eigenvalue weighted by molar-refractivity contribution is 14.1. The van der Waals surface area contributed by atoms with Crippen LogP contribution in [0.5, 0.6) is 0 Å². The van der Waals surface area contributed by atoms with Gasteiger partial charge in [0, 0.05) is 23.0 Å². The number of halogens is 2. The van der Waals surface area contributed by atoms with Crippen LogP contribution in [-0.2, 0) is 0 Å².